The number of hydrogen-bond donors (Lipinski definition) is 0. The second kappa shape index (κ2) is 5.76. The van der Waals surface area contributed by atoms with Crippen LogP contribution in [0.3, 0.4) is 0 Å². The summed E-state index contributed by atoms with van der Waals surface area (Å²) in [6.45, 7) is -1.13. The van der Waals surface area contributed by atoms with Crippen molar-refractivity contribution in [2.24, 2.45) is 11.8 Å². The molecule has 0 spiro atoms. The number of fused-ring (bicyclic) bond motifs is 2. The summed E-state index contributed by atoms with van der Waals surface area (Å²) in [5, 5.41) is 0. The van der Waals surface area contributed by atoms with E-state index in [4.69, 9.17) is 4.74 Å². The maximum absolute atomic E-state index is 12.5. The van der Waals surface area contributed by atoms with E-state index in [1.165, 1.54) is 0 Å². The van der Waals surface area contributed by atoms with E-state index in [2.05, 4.69) is 0 Å². The molecule has 0 aliphatic heterocycles. The van der Waals surface area contributed by atoms with Crippen LogP contribution in [0.1, 0.15) is 30.7 Å². The Bertz CT molecular complexity index is 512. The average molecular weight is 313 g/mol. The number of ether oxygens (including phenoxy) is 1. The minimum absolute atomic E-state index is 0.109. The van der Waals surface area contributed by atoms with Crippen molar-refractivity contribution in [1.29, 1.82) is 0 Å². The van der Waals surface area contributed by atoms with Crippen LogP contribution < -0.4 is 4.90 Å². The highest BCUT2D eigenvalue weighted by molar-refractivity contribution is 5.47. The van der Waals surface area contributed by atoms with Crippen molar-refractivity contribution in [3.63, 3.8) is 0 Å². The fourth-order valence-corrected chi connectivity index (χ4v) is 4.13. The average Bonchev–Trinajstić information content (AvgIpc) is 3.05. The van der Waals surface area contributed by atoms with Crippen LogP contribution in [-0.4, -0.2) is 33.0 Å². The van der Waals surface area contributed by atoms with Gasteiger partial charge in [0.2, 0.25) is 0 Å². The highest BCUT2D eigenvalue weighted by atomic mass is 19.4. The van der Waals surface area contributed by atoms with Gasteiger partial charge in [0.05, 0.1) is 6.10 Å². The molecule has 2 bridgehead atoms. The van der Waals surface area contributed by atoms with Crippen LogP contribution in [0.5, 0.6) is 0 Å². The number of nitrogens with zero attached hydrogens (tertiary/aromatic N) is 1. The van der Waals surface area contributed by atoms with Gasteiger partial charge in [-0.3, -0.25) is 0 Å². The summed E-state index contributed by atoms with van der Waals surface area (Å²) in [7, 11) is 3.95. The van der Waals surface area contributed by atoms with Crippen LogP contribution in [0.15, 0.2) is 24.3 Å². The molecule has 1 aromatic carbocycles. The maximum Gasteiger partial charge on any atom is 0.411 e. The molecule has 2 aliphatic carbocycles. The van der Waals surface area contributed by atoms with Crippen LogP contribution in [0.4, 0.5) is 18.9 Å². The van der Waals surface area contributed by atoms with E-state index in [0.29, 0.717) is 5.92 Å². The first-order chi connectivity index (χ1) is 10.3. The van der Waals surface area contributed by atoms with Crippen molar-refractivity contribution in [2.45, 2.75) is 37.5 Å². The van der Waals surface area contributed by atoms with E-state index >= 15 is 0 Å². The highest BCUT2D eigenvalue weighted by Crippen LogP contribution is 2.54. The normalized spacial score (nSPS) is 30.8. The molecule has 0 amide bonds. The van der Waals surface area contributed by atoms with Gasteiger partial charge in [-0.25, -0.2) is 0 Å². The third-order valence-corrected chi connectivity index (χ3v) is 5.07. The molecule has 22 heavy (non-hydrogen) atoms. The van der Waals surface area contributed by atoms with Crippen LogP contribution >= 0.6 is 0 Å². The summed E-state index contributed by atoms with van der Waals surface area (Å²) in [5.74, 6) is 0.858. The predicted molar refractivity (Wildman–Crippen MR) is 80.1 cm³/mol. The molecule has 1 aromatic rings. The van der Waals surface area contributed by atoms with Crippen molar-refractivity contribution >= 4 is 5.69 Å². The molecule has 4 atom stereocenters. The zero-order valence-electron chi connectivity index (χ0n) is 12.9. The molecular formula is C17H22F3NO. The molecule has 3 rings (SSSR count). The molecule has 0 N–H and O–H groups in total. The van der Waals surface area contributed by atoms with Gasteiger partial charge < -0.3 is 9.64 Å². The summed E-state index contributed by atoms with van der Waals surface area (Å²) in [6.07, 6.45) is -1.43. The van der Waals surface area contributed by atoms with Crippen molar-refractivity contribution < 1.29 is 17.9 Å². The summed E-state index contributed by atoms with van der Waals surface area (Å²) in [6, 6.07) is 8.15. The Morgan fingerprint density at radius 2 is 1.73 bits per heavy atom. The van der Waals surface area contributed by atoms with Crippen molar-refractivity contribution in [2.75, 3.05) is 25.6 Å². The first-order valence-electron chi connectivity index (χ1n) is 7.81. The monoisotopic (exact) mass is 313 g/mol. The van der Waals surface area contributed by atoms with Gasteiger partial charge in [0.1, 0.15) is 6.61 Å². The third kappa shape index (κ3) is 3.09. The van der Waals surface area contributed by atoms with Gasteiger partial charge >= 0.3 is 6.18 Å². The topological polar surface area (TPSA) is 12.5 Å². The predicted octanol–water partition coefficient (Wildman–Crippen LogP) is 4.21. The van der Waals surface area contributed by atoms with E-state index in [1.807, 2.05) is 43.3 Å². The summed E-state index contributed by atoms with van der Waals surface area (Å²) < 4.78 is 42.8. The first-order valence-corrected chi connectivity index (χ1v) is 7.81. The lowest BCUT2D eigenvalue weighted by molar-refractivity contribution is -0.191. The zero-order valence-corrected chi connectivity index (χ0v) is 12.9. The fourth-order valence-electron chi connectivity index (χ4n) is 4.13. The molecule has 2 saturated carbocycles. The van der Waals surface area contributed by atoms with Gasteiger partial charge in [-0.05, 0) is 48.8 Å². The van der Waals surface area contributed by atoms with Gasteiger partial charge in [0.25, 0.3) is 0 Å². The molecule has 5 heteroatoms. The molecular weight excluding hydrogens is 291 g/mol. The number of alkyl halides is 3. The second-order valence-corrected chi connectivity index (χ2v) is 6.74. The Morgan fingerprint density at radius 1 is 1.09 bits per heavy atom. The number of halogens is 3. The molecule has 122 valence electrons. The van der Waals surface area contributed by atoms with E-state index in [9.17, 15) is 13.2 Å². The van der Waals surface area contributed by atoms with Gasteiger partial charge in [-0.2, -0.15) is 13.2 Å². The van der Waals surface area contributed by atoms with Crippen molar-refractivity contribution in [3.05, 3.63) is 29.8 Å². The highest BCUT2D eigenvalue weighted by Gasteiger charge is 2.49. The lowest BCUT2D eigenvalue weighted by atomic mass is 9.81. The lowest BCUT2D eigenvalue weighted by Gasteiger charge is -2.32. The number of anilines is 1. The van der Waals surface area contributed by atoms with E-state index in [-0.39, 0.29) is 17.9 Å². The molecule has 0 radical (unpaired) electrons. The van der Waals surface area contributed by atoms with Gasteiger partial charge in [-0.15, -0.1) is 0 Å². The van der Waals surface area contributed by atoms with Gasteiger partial charge in [-0.1, -0.05) is 12.1 Å². The minimum Gasteiger partial charge on any atom is -0.378 e. The molecule has 0 unspecified atom stereocenters. The third-order valence-electron chi connectivity index (χ3n) is 5.07. The summed E-state index contributed by atoms with van der Waals surface area (Å²) in [4.78, 5) is 2.02. The molecule has 0 heterocycles. The number of benzene rings is 1. The fraction of sp³-hybridized carbons (Fsp3) is 0.647. The van der Waals surface area contributed by atoms with Crippen LogP contribution in [0, 0.1) is 11.8 Å². The quantitative estimate of drug-likeness (QED) is 0.825. The lowest BCUT2D eigenvalue weighted by Crippen LogP contribution is -2.32. The summed E-state index contributed by atoms with van der Waals surface area (Å²) >= 11 is 0. The Labute approximate surface area is 129 Å². The van der Waals surface area contributed by atoms with Crippen molar-refractivity contribution in [1.82, 2.24) is 0 Å². The second-order valence-electron chi connectivity index (χ2n) is 6.74. The van der Waals surface area contributed by atoms with Crippen LogP contribution in [0.25, 0.3) is 0 Å². The number of rotatable bonds is 4. The van der Waals surface area contributed by atoms with Gasteiger partial charge in [0, 0.05) is 25.7 Å². The molecule has 0 aromatic heterocycles. The van der Waals surface area contributed by atoms with Gasteiger partial charge in [0.15, 0.2) is 0 Å². The van der Waals surface area contributed by atoms with Crippen LogP contribution in [-0.2, 0) is 4.74 Å². The smallest absolute Gasteiger partial charge is 0.378 e. The Morgan fingerprint density at radius 3 is 2.32 bits per heavy atom. The minimum atomic E-state index is -4.25. The Hall–Kier alpha value is -1.23. The summed E-state index contributed by atoms with van der Waals surface area (Å²) in [5.41, 5.74) is 2.21. The zero-order chi connectivity index (χ0) is 15.9. The number of hydrogen-bond acceptors (Lipinski definition) is 2. The maximum atomic E-state index is 12.5. The standard InChI is InChI=1S/C17H22F3NO/c1-21(2)14-7-5-11(6-8-14)15-12-3-4-13(9-12)16(15)22-10-17(18,19)20/h5-8,12-13,15-16H,3-4,9-10H2,1-2H3/t12-,13+,15-,16-/m1/s1. The van der Waals surface area contributed by atoms with Crippen LogP contribution in [0.2, 0.25) is 0 Å². The van der Waals surface area contributed by atoms with E-state index < -0.39 is 12.8 Å². The van der Waals surface area contributed by atoms with Crippen molar-refractivity contribution in [3.8, 4) is 0 Å². The largest absolute Gasteiger partial charge is 0.411 e. The Kier molecular flexibility index (Phi) is 4.10. The van der Waals surface area contributed by atoms with E-state index in [0.717, 1.165) is 30.5 Å². The molecule has 2 nitrogen and oxygen atoms in total. The first kappa shape index (κ1) is 15.7. The SMILES string of the molecule is CN(C)c1ccc([C@@H]2[C@@H]3CC[C@@H](C3)[C@H]2OCC(F)(F)F)cc1. The molecule has 2 fully saturated rings. The Balaban J connectivity index is 1.77. The van der Waals surface area contributed by atoms with E-state index in [1.54, 1.807) is 0 Å². The molecule has 2 aliphatic rings. The molecule has 0 saturated heterocycles.